The number of rotatable bonds is 1. The molecule has 90 valence electrons. The molecule has 2 heteroatoms. The third-order valence-corrected chi connectivity index (χ3v) is 2.33. The maximum Gasteiger partial charge on any atom is 0.390 e. The van der Waals surface area contributed by atoms with Gasteiger partial charge in [0.25, 0.3) is 0 Å². The standard InChI is InChI=1S/C17H10O2/c1-2-15-10-6-7-11-16(15)19-17(18)13-12-14-8-4-3-5-9-14/h1,3-11H. The molecular weight excluding hydrogens is 236 g/mol. The molecule has 0 fully saturated rings. The molecule has 2 aromatic rings. The summed E-state index contributed by atoms with van der Waals surface area (Å²) in [6.07, 6.45) is 5.31. The van der Waals surface area contributed by atoms with Crippen molar-refractivity contribution in [1.29, 1.82) is 0 Å². The van der Waals surface area contributed by atoms with Crippen LogP contribution in [0.4, 0.5) is 0 Å². The molecule has 0 amide bonds. The number of hydrogen-bond acceptors (Lipinski definition) is 2. The van der Waals surface area contributed by atoms with Crippen LogP contribution in [0.15, 0.2) is 54.6 Å². The lowest BCUT2D eigenvalue weighted by atomic mass is 10.2. The van der Waals surface area contributed by atoms with E-state index in [1.54, 1.807) is 24.3 Å². The van der Waals surface area contributed by atoms with Gasteiger partial charge in [-0.05, 0) is 24.3 Å². The van der Waals surface area contributed by atoms with Crippen molar-refractivity contribution in [2.45, 2.75) is 0 Å². The van der Waals surface area contributed by atoms with Gasteiger partial charge in [-0.1, -0.05) is 42.2 Å². The van der Waals surface area contributed by atoms with Crippen LogP contribution in [0.25, 0.3) is 0 Å². The predicted octanol–water partition coefficient (Wildman–Crippen LogP) is 2.63. The van der Waals surface area contributed by atoms with E-state index in [4.69, 9.17) is 11.2 Å². The second-order valence-electron chi connectivity index (χ2n) is 3.65. The lowest BCUT2D eigenvalue weighted by Crippen LogP contribution is -2.05. The minimum absolute atomic E-state index is 0.345. The Morgan fingerprint density at radius 1 is 1.00 bits per heavy atom. The van der Waals surface area contributed by atoms with Crippen molar-refractivity contribution in [3.8, 4) is 29.9 Å². The summed E-state index contributed by atoms with van der Waals surface area (Å²) in [6, 6.07) is 16.1. The summed E-state index contributed by atoms with van der Waals surface area (Å²) in [7, 11) is 0. The molecule has 0 aliphatic heterocycles. The highest BCUT2D eigenvalue weighted by Gasteiger charge is 2.04. The second-order valence-corrected chi connectivity index (χ2v) is 3.65. The van der Waals surface area contributed by atoms with E-state index in [0.29, 0.717) is 11.3 Å². The molecule has 2 aromatic carbocycles. The normalized spacial score (nSPS) is 8.79. The van der Waals surface area contributed by atoms with Crippen LogP contribution in [0.2, 0.25) is 0 Å². The van der Waals surface area contributed by atoms with Gasteiger partial charge in [-0.25, -0.2) is 4.79 Å². The van der Waals surface area contributed by atoms with Gasteiger partial charge in [0, 0.05) is 11.5 Å². The van der Waals surface area contributed by atoms with E-state index < -0.39 is 5.97 Å². The quantitative estimate of drug-likeness (QED) is 0.439. The van der Waals surface area contributed by atoms with E-state index in [1.165, 1.54) is 0 Å². The third kappa shape index (κ3) is 3.49. The first-order chi connectivity index (χ1) is 9.29. The van der Waals surface area contributed by atoms with Crippen molar-refractivity contribution in [2.24, 2.45) is 0 Å². The zero-order valence-corrected chi connectivity index (χ0v) is 10.1. The number of ether oxygens (including phenoxy) is 1. The number of carbonyl (C=O) groups excluding carboxylic acids is 1. The summed E-state index contributed by atoms with van der Waals surface area (Å²) in [5, 5.41) is 0. The third-order valence-electron chi connectivity index (χ3n) is 2.33. The Bertz CT molecular complexity index is 682. The molecule has 0 atom stereocenters. The van der Waals surface area contributed by atoms with Crippen molar-refractivity contribution in [3.63, 3.8) is 0 Å². The molecule has 0 aliphatic carbocycles. The number of hydrogen-bond donors (Lipinski definition) is 0. The highest BCUT2D eigenvalue weighted by molar-refractivity contribution is 5.91. The Labute approximate surface area is 112 Å². The van der Waals surface area contributed by atoms with Gasteiger partial charge in [0.1, 0.15) is 5.75 Å². The van der Waals surface area contributed by atoms with E-state index >= 15 is 0 Å². The van der Waals surface area contributed by atoms with Crippen molar-refractivity contribution in [2.75, 3.05) is 0 Å². The van der Waals surface area contributed by atoms with E-state index in [2.05, 4.69) is 17.8 Å². The summed E-state index contributed by atoms with van der Waals surface area (Å²) in [5.41, 5.74) is 1.28. The number of benzene rings is 2. The van der Waals surface area contributed by atoms with Crippen molar-refractivity contribution in [1.82, 2.24) is 0 Å². The molecule has 0 radical (unpaired) electrons. The molecule has 0 saturated carbocycles. The van der Waals surface area contributed by atoms with Crippen LogP contribution in [-0.4, -0.2) is 5.97 Å². The first-order valence-electron chi connectivity index (χ1n) is 5.64. The van der Waals surface area contributed by atoms with Crippen LogP contribution in [-0.2, 0) is 4.79 Å². The van der Waals surface area contributed by atoms with E-state index in [9.17, 15) is 4.79 Å². The van der Waals surface area contributed by atoms with Crippen molar-refractivity contribution >= 4 is 5.97 Å². The zero-order chi connectivity index (χ0) is 13.5. The predicted molar refractivity (Wildman–Crippen MR) is 73.3 cm³/mol. The fraction of sp³-hybridized carbons (Fsp3) is 0. The van der Waals surface area contributed by atoms with Crippen molar-refractivity contribution < 1.29 is 9.53 Å². The SMILES string of the molecule is C#Cc1ccccc1OC(=O)C#Cc1ccccc1. The maximum atomic E-state index is 11.6. The van der Waals surface area contributed by atoms with Gasteiger partial charge < -0.3 is 4.74 Å². The first-order valence-corrected chi connectivity index (χ1v) is 5.64. The monoisotopic (exact) mass is 246 g/mol. The van der Waals surface area contributed by atoms with Crippen LogP contribution < -0.4 is 4.74 Å². The molecule has 0 heterocycles. The Kier molecular flexibility index (Phi) is 4.01. The van der Waals surface area contributed by atoms with E-state index in [0.717, 1.165) is 5.56 Å². The molecule has 0 aromatic heterocycles. The Balaban J connectivity index is 2.11. The summed E-state index contributed by atoms with van der Waals surface area (Å²) in [5.74, 6) is 7.31. The van der Waals surface area contributed by atoms with Crippen LogP contribution in [0.3, 0.4) is 0 Å². The molecule has 0 spiro atoms. The van der Waals surface area contributed by atoms with Crippen LogP contribution in [0.5, 0.6) is 5.75 Å². The minimum Gasteiger partial charge on any atom is -0.416 e. The number of esters is 1. The molecule has 0 aliphatic rings. The second kappa shape index (κ2) is 6.10. The van der Waals surface area contributed by atoms with E-state index in [-0.39, 0.29) is 0 Å². The number of para-hydroxylation sites is 1. The number of terminal acetylenes is 1. The summed E-state index contributed by atoms with van der Waals surface area (Å²) < 4.78 is 5.10. The Morgan fingerprint density at radius 3 is 2.42 bits per heavy atom. The van der Waals surface area contributed by atoms with Gasteiger partial charge in [-0.15, -0.1) is 6.42 Å². The van der Waals surface area contributed by atoms with Crippen LogP contribution in [0.1, 0.15) is 11.1 Å². The summed E-state index contributed by atoms with van der Waals surface area (Å²) >= 11 is 0. The Hall–Kier alpha value is -2.97. The Morgan fingerprint density at radius 2 is 1.68 bits per heavy atom. The van der Waals surface area contributed by atoms with Gasteiger partial charge in [0.15, 0.2) is 0 Å². The molecule has 0 saturated heterocycles. The lowest BCUT2D eigenvalue weighted by Gasteiger charge is -2.01. The largest absolute Gasteiger partial charge is 0.416 e. The zero-order valence-electron chi connectivity index (χ0n) is 10.1. The molecule has 0 N–H and O–H groups in total. The molecular formula is C17H10O2. The summed E-state index contributed by atoms with van der Waals surface area (Å²) in [6.45, 7) is 0. The first kappa shape index (κ1) is 12.5. The molecule has 0 bridgehead atoms. The fourth-order valence-corrected chi connectivity index (χ4v) is 1.44. The van der Waals surface area contributed by atoms with Gasteiger partial charge in [-0.2, -0.15) is 0 Å². The molecule has 0 unspecified atom stereocenters. The fourth-order valence-electron chi connectivity index (χ4n) is 1.44. The maximum absolute atomic E-state index is 11.6. The smallest absolute Gasteiger partial charge is 0.390 e. The minimum atomic E-state index is -0.633. The average Bonchev–Trinajstić information content (AvgIpc) is 2.47. The van der Waals surface area contributed by atoms with E-state index in [1.807, 2.05) is 30.3 Å². The molecule has 2 nitrogen and oxygen atoms in total. The topological polar surface area (TPSA) is 26.3 Å². The van der Waals surface area contributed by atoms with Crippen LogP contribution in [0, 0.1) is 24.2 Å². The highest BCUT2D eigenvalue weighted by atomic mass is 16.5. The lowest BCUT2D eigenvalue weighted by molar-refractivity contribution is -0.128. The van der Waals surface area contributed by atoms with Gasteiger partial charge in [0.2, 0.25) is 0 Å². The van der Waals surface area contributed by atoms with Gasteiger partial charge in [0.05, 0.1) is 5.56 Å². The summed E-state index contributed by atoms with van der Waals surface area (Å²) in [4.78, 5) is 11.6. The highest BCUT2D eigenvalue weighted by Crippen LogP contribution is 2.16. The number of carbonyl (C=O) groups is 1. The molecule has 19 heavy (non-hydrogen) atoms. The van der Waals surface area contributed by atoms with Gasteiger partial charge in [-0.3, -0.25) is 0 Å². The van der Waals surface area contributed by atoms with Crippen LogP contribution >= 0.6 is 0 Å². The molecule has 2 rings (SSSR count). The van der Waals surface area contributed by atoms with Crippen molar-refractivity contribution in [3.05, 3.63) is 65.7 Å². The average molecular weight is 246 g/mol. The van der Waals surface area contributed by atoms with Gasteiger partial charge >= 0.3 is 5.97 Å².